The van der Waals surface area contributed by atoms with Crippen LogP contribution in [0.4, 0.5) is 0 Å². The van der Waals surface area contributed by atoms with Gasteiger partial charge in [0.15, 0.2) is 5.96 Å². The van der Waals surface area contributed by atoms with Crippen molar-refractivity contribution in [1.29, 1.82) is 0 Å². The fraction of sp³-hybridized carbons (Fsp3) is 0.739. The average molecular weight is 544 g/mol. The molecule has 0 saturated heterocycles. The number of carbonyl (C=O) groups excluding carboxylic acids is 4. The lowest BCUT2D eigenvalue weighted by molar-refractivity contribution is -0.142. The predicted molar refractivity (Wildman–Crippen MR) is 142 cm³/mol. The van der Waals surface area contributed by atoms with Crippen LogP contribution < -0.4 is 44.6 Å². The molecule has 0 rings (SSSR count). The van der Waals surface area contributed by atoms with Gasteiger partial charge in [-0.2, -0.15) is 0 Å². The molecule has 0 radical (unpaired) electrons. The molecular weight excluding hydrogens is 498 g/mol. The van der Waals surface area contributed by atoms with Crippen molar-refractivity contribution in [1.82, 2.24) is 16.0 Å². The minimum Gasteiger partial charge on any atom is -0.480 e. The van der Waals surface area contributed by atoms with Crippen LogP contribution >= 0.6 is 0 Å². The van der Waals surface area contributed by atoms with Crippen LogP contribution in [-0.4, -0.2) is 77.9 Å². The Morgan fingerprint density at radius 3 is 1.82 bits per heavy atom. The molecule has 4 amide bonds. The normalized spacial score (nSPS) is 14.0. The van der Waals surface area contributed by atoms with E-state index in [9.17, 15) is 29.1 Å². The molecule has 0 aliphatic rings. The van der Waals surface area contributed by atoms with E-state index >= 15 is 0 Å². The summed E-state index contributed by atoms with van der Waals surface area (Å²) in [6.07, 6.45) is 1.61. The minimum atomic E-state index is -1.30. The summed E-state index contributed by atoms with van der Waals surface area (Å²) in [4.78, 5) is 65.4. The topological polar surface area (TPSA) is 284 Å². The van der Waals surface area contributed by atoms with Crippen LogP contribution in [0.15, 0.2) is 4.99 Å². The quantitative estimate of drug-likeness (QED) is 0.0436. The Balaban J connectivity index is 5.56. The molecule has 0 aromatic rings. The standard InChI is InChI=1S/C23H45N9O6/c1-13(2)12-14(25)19(34)30-15(6-3-4-10-24)20(35)31-16(8-9-18(26)33)21(36)32-17(22(37)38)7-5-11-29-23(27)28/h13-17H,3-12,24-25H2,1-2H3,(H2,26,33)(H,30,34)(H,31,35)(H,32,36)(H,37,38)(H4,27,28,29). The molecule has 14 N–H and O–H groups in total. The summed E-state index contributed by atoms with van der Waals surface area (Å²) < 4.78 is 0. The maximum atomic E-state index is 13.1. The Morgan fingerprint density at radius 1 is 0.789 bits per heavy atom. The summed E-state index contributed by atoms with van der Waals surface area (Å²) in [6, 6.07) is -4.43. The zero-order chi connectivity index (χ0) is 29.3. The highest BCUT2D eigenvalue weighted by Gasteiger charge is 2.30. The van der Waals surface area contributed by atoms with Gasteiger partial charge in [-0.25, -0.2) is 4.79 Å². The van der Waals surface area contributed by atoms with Crippen LogP contribution in [0.3, 0.4) is 0 Å². The predicted octanol–water partition coefficient (Wildman–Crippen LogP) is -2.65. The largest absolute Gasteiger partial charge is 0.480 e. The highest BCUT2D eigenvalue weighted by Crippen LogP contribution is 2.08. The fourth-order valence-electron chi connectivity index (χ4n) is 3.52. The maximum Gasteiger partial charge on any atom is 0.326 e. The number of amides is 4. The van der Waals surface area contributed by atoms with Crippen molar-refractivity contribution >= 4 is 35.6 Å². The molecule has 0 fully saturated rings. The summed E-state index contributed by atoms with van der Waals surface area (Å²) in [6.45, 7) is 4.36. The molecule has 0 aliphatic carbocycles. The molecule has 4 atom stereocenters. The zero-order valence-electron chi connectivity index (χ0n) is 22.3. The summed E-state index contributed by atoms with van der Waals surface area (Å²) >= 11 is 0. The van der Waals surface area contributed by atoms with E-state index in [1.807, 2.05) is 13.8 Å². The minimum absolute atomic E-state index is 0.0137. The average Bonchev–Trinajstić information content (AvgIpc) is 2.81. The molecule has 0 aliphatic heterocycles. The number of unbranched alkanes of at least 4 members (excludes halogenated alkanes) is 1. The highest BCUT2D eigenvalue weighted by molar-refractivity contribution is 5.94. The SMILES string of the molecule is CC(C)CC(N)C(=O)NC(CCCCN)C(=O)NC(CCC(N)=O)C(=O)NC(CCCN=C(N)N)C(=O)O. The number of nitrogens with two attached hydrogens (primary N) is 5. The number of carboxylic acid groups (broad SMARTS) is 1. The number of nitrogens with one attached hydrogen (secondary N) is 3. The monoisotopic (exact) mass is 543 g/mol. The number of primary amides is 1. The van der Waals surface area contributed by atoms with E-state index in [2.05, 4.69) is 20.9 Å². The molecule has 4 unspecified atom stereocenters. The van der Waals surface area contributed by atoms with Crippen LogP contribution in [0.5, 0.6) is 0 Å². The van der Waals surface area contributed by atoms with Gasteiger partial charge >= 0.3 is 5.97 Å². The molecule has 0 saturated carbocycles. The Morgan fingerprint density at radius 2 is 1.32 bits per heavy atom. The first-order valence-corrected chi connectivity index (χ1v) is 12.7. The van der Waals surface area contributed by atoms with Crippen molar-refractivity contribution in [3.8, 4) is 0 Å². The summed E-state index contributed by atoms with van der Waals surface area (Å²) in [5.74, 6) is -4.02. The van der Waals surface area contributed by atoms with Gasteiger partial charge in [-0.05, 0) is 57.4 Å². The number of aliphatic carboxylic acids is 1. The van der Waals surface area contributed by atoms with Gasteiger partial charge < -0.3 is 49.7 Å². The van der Waals surface area contributed by atoms with E-state index in [1.54, 1.807) is 0 Å². The van der Waals surface area contributed by atoms with E-state index in [1.165, 1.54) is 0 Å². The first kappa shape index (κ1) is 34.5. The lowest BCUT2D eigenvalue weighted by Gasteiger charge is -2.25. The summed E-state index contributed by atoms with van der Waals surface area (Å²) in [5.41, 5.74) is 27.2. The molecule has 0 heterocycles. The third-order valence-corrected chi connectivity index (χ3v) is 5.51. The van der Waals surface area contributed by atoms with Crippen LogP contribution in [0.25, 0.3) is 0 Å². The van der Waals surface area contributed by atoms with Gasteiger partial charge in [-0.1, -0.05) is 13.8 Å². The Kier molecular flexibility index (Phi) is 17.0. The van der Waals surface area contributed by atoms with Crippen molar-refractivity contribution in [2.45, 2.75) is 89.4 Å². The van der Waals surface area contributed by atoms with Crippen LogP contribution in [0, 0.1) is 5.92 Å². The highest BCUT2D eigenvalue weighted by atomic mass is 16.4. The van der Waals surface area contributed by atoms with Gasteiger partial charge in [-0.3, -0.25) is 24.2 Å². The number of guanidine groups is 1. The number of aliphatic imine (C=N–C) groups is 1. The van der Waals surface area contributed by atoms with Crippen LogP contribution in [0.2, 0.25) is 0 Å². The Bertz CT molecular complexity index is 817. The van der Waals surface area contributed by atoms with Gasteiger partial charge in [0.1, 0.15) is 18.1 Å². The van der Waals surface area contributed by atoms with Gasteiger partial charge in [0.25, 0.3) is 0 Å². The molecule has 0 spiro atoms. The van der Waals surface area contributed by atoms with Crippen molar-refractivity contribution in [3.05, 3.63) is 0 Å². The number of carbonyl (C=O) groups is 5. The van der Waals surface area contributed by atoms with Gasteiger partial charge in [0, 0.05) is 13.0 Å². The van der Waals surface area contributed by atoms with Gasteiger partial charge in [0.2, 0.25) is 23.6 Å². The zero-order valence-corrected chi connectivity index (χ0v) is 22.3. The van der Waals surface area contributed by atoms with Crippen molar-refractivity contribution in [2.24, 2.45) is 39.6 Å². The first-order chi connectivity index (χ1) is 17.8. The molecule has 218 valence electrons. The summed E-state index contributed by atoms with van der Waals surface area (Å²) in [7, 11) is 0. The molecule has 0 aromatic carbocycles. The number of hydrogen-bond donors (Lipinski definition) is 9. The number of nitrogens with zero attached hydrogens (tertiary/aromatic N) is 1. The third kappa shape index (κ3) is 15.6. The Labute approximate surface area is 223 Å². The Hall–Kier alpha value is -3.46. The van der Waals surface area contributed by atoms with Crippen molar-refractivity contribution in [3.63, 3.8) is 0 Å². The van der Waals surface area contributed by atoms with E-state index in [-0.39, 0.29) is 50.5 Å². The smallest absolute Gasteiger partial charge is 0.326 e. The summed E-state index contributed by atoms with van der Waals surface area (Å²) in [5, 5.41) is 17.0. The second-order valence-electron chi connectivity index (χ2n) is 9.50. The second-order valence-corrected chi connectivity index (χ2v) is 9.50. The number of hydrogen-bond acceptors (Lipinski definition) is 8. The molecular formula is C23H45N9O6. The molecule has 15 heteroatoms. The van der Waals surface area contributed by atoms with Gasteiger partial charge in [0.05, 0.1) is 6.04 Å². The van der Waals surface area contributed by atoms with E-state index in [4.69, 9.17) is 28.7 Å². The van der Waals surface area contributed by atoms with Gasteiger partial charge in [-0.15, -0.1) is 0 Å². The molecule has 0 bridgehead atoms. The fourth-order valence-corrected chi connectivity index (χ4v) is 3.52. The second kappa shape index (κ2) is 18.7. The maximum absolute atomic E-state index is 13.1. The molecule has 15 nitrogen and oxygen atoms in total. The number of rotatable bonds is 20. The number of carboxylic acids is 1. The van der Waals surface area contributed by atoms with Crippen LogP contribution in [0.1, 0.15) is 65.2 Å². The van der Waals surface area contributed by atoms with E-state index in [0.29, 0.717) is 25.8 Å². The van der Waals surface area contributed by atoms with Crippen LogP contribution in [-0.2, 0) is 24.0 Å². The third-order valence-electron chi connectivity index (χ3n) is 5.51. The molecule has 0 aromatic heterocycles. The van der Waals surface area contributed by atoms with Crippen molar-refractivity contribution in [2.75, 3.05) is 13.1 Å². The lowest BCUT2D eigenvalue weighted by Crippen LogP contribution is -2.57. The first-order valence-electron chi connectivity index (χ1n) is 12.7. The van der Waals surface area contributed by atoms with E-state index < -0.39 is 53.8 Å². The lowest BCUT2D eigenvalue weighted by atomic mass is 10.0. The van der Waals surface area contributed by atoms with Crippen molar-refractivity contribution < 1.29 is 29.1 Å². The van der Waals surface area contributed by atoms with E-state index in [0.717, 1.165) is 0 Å². The molecule has 38 heavy (non-hydrogen) atoms.